The molecule has 0 unspecified atom stereocenters. The van der Waals surface area contributed by atoms with Crippen molar-refractivity contribution in [1.82, 2.24) is 0 Å². The van der Waals surface area contributed by atoms with Crippen molar-refractivity contribution in [3.63, 3.8) is 0 Å². The Kier molecular flexibility index (Phi) is 40.0. The van der Waals surface area contributed by atoms with Gasteiger partial charge in [-0.2, -0.15) is 0 Å². The number of hydrogen-bond donors (Lipinski definition) is 4. The summed E-state index contributed by atoms with van der Waals surface area (Å²) in [4.78, 5) is 0. The summed E-state index contributed by atoms with van der Waals surface area (Å²) in [5.41, 5.74) is 0. The lowest BCUT2D eigenvalue weighted by Gasteiger charge is -2.01. The van der Waals surface area contributed by atoms with Crippen LogP contribution in [0.1, 0.15) is 39.5 Å². The number of ether oxygens (including phenoxy) is 3. The molecule has 0 amide bonds. The van der Waals surface area contributed by atoms with Crippen LogP contribution >= 0.6 is 0 Å². The Morgan fingerprint density at radius 1 is 0.478 bits per heavy atom. The normalized spacial score (nSPS) is 9.65. The van der Waals surface area contributed by atoms with Crippen molar-refractivity contribution in [1.29, 1.82) is 0 Å². The van der Waals surface area contributed by atoms with Crippen LogP contribution in [0.2, 0.25) is 0 Å². The first-order chi connectivity index (χ1) is 11.2. The average molecular weight is 342 g/mol. The summed E-state index contributed by atoms with van der Waals surface area (Å²) in [5.74, 6) is 0. The van der Waals surface area contributed by atoms with E-state index < -0.39 is 0 Å². The van der Waals surface area contributed by atoms with Gasteiger partial charge in [0.15, 0.2) is 0 Å². The molecule has 0 atom stereocenters. The molecule has 23 heavy (non-hydrogen) atoms. The molecule has 0 rings (SSSR count). The first-order valence-electron chi connectivity index (χ1n) is 8.41. The lowest BCUT2D eigenvalue weighted by molar-refractivity contribution is 0.0222. The Labute approximate surface area is 141 Å². The molecular formula is C16H38O7. The van der Waals surface area contributed by atoms with Gasteiger partial charge >= 0.3 is 0 Å². The van der Waals surface area contributed by atoms with Crippen LogP contribution in [-0.4, -0.2) is 86.5 Å². The van der Waals surface area contributed by atoms with Gasteiger partial charge in [0.05, 0.1) is 52.9 Å². The zero-order valence-electron chi connectivity index (χ0n) is 14.9. The SMILES string of the molecule is CCCCOCCCC.OCCO.OCCOCCOCCO. The third kappa shape index (κ3) is 44.9. The van der Waals surface area contributed by atoms with Gasteiger partial charge in [-0.05, 0) is 12.8 Å². The van der Waals surface area contributed by atoms with Crippen LogP contribution in [0.4, 0.5) is 0 Å². The van der Waals surface area contributed by atoms with E-state index in [0.29, 0.717) is 26.4 Å². The maximum Gasteiger partial charge on any atom is 0.0701 e. The summed E-state index contributed by atoms with van der Waals surface area (Å²) < 4.78 is 15.1. The second-order valence-electron chi connectivity index (χ2n) is 4.44. The Morgan fingerprint density at radius 3 is 1.09 bits per heavy atom. The number of aliphatic hydroxyl groups excluding tert-OH is 4. The van der Waals surface area contributed by atoms with Gasteiger partial charge in [0.2, 0.25) is 0 Å². The molecule has 0 aliphatic rings. The minimum absolute atomic E-state index is 0.0417. The van der Waals surface area contributed by atoms with Gasteiger partial charge in [0.25, 0.3) is 0 Å². The Balaban J connectivity index is -0.000000284. The predicted octanol–water partition coefficient (Wildman–Crippen LogP) is 0.578. The van der Waals surface area contributed by atoms with Crippen molar-refractivity contribution in [2.45, 2.75) is 39.5 Å². The molecule has 0 aliphatic heterocycles. The summed E-state index contributed by atoms with van der Waals surface area (Å²) in [7, 11) is 0. The monoisotopic (exact) mass is 342 g/mol. The summed E-state index contributed by atoms with van der Waals surface area (Å²) >= 11 is 0. The molecule has 0 saturated carbocycles. The van der Waals surface area contributed by atoms with Crippen LogP contribution in [0.5, 0.6) is 0 Å². The summed E-state index contributed by atoms with van der Waals surface area (Å²) in [6, 6.07) is 0. The molecule has 0 aromatic rings. The first-order valence-corrected chi connectivity index (χ1v) is 8.41. The summed E-state index contributed by atoms with van der Waals surface area (Å²) in [5, 5.41) is 31.8. The van der Waals surface area contributed by atoms with Crippen molar-refractivity contribution >= 4 is 0 Å². The minimum atomic E-state index is -0.125. The van der Waals surface area contributed by atoms with Gasteiger partial charge in [0, 0.05) is 13.2 Å². The fourth-order valence-electron chi connectivity index (χ4n) is 1.05. The van der Waals surface area contributed by atoms with E-state index in [1.807, 2.05) is 0 Å². The van der Waals surface area contributed by atoms with Crippen LogP contribution in [0.3, 0.4) is 0 Å². The third-order valence-electron chi connectivity index (χ3n) is 2.23. The van der Waals surface area contributed by atoms with E-state index >= 15 is 0 Å². The minimum Gasteiger partial charge on any atom is -0.394 e. The van der Waals surface area contributed by atoms with Crippen LogP contribution in [0.15, 0.2) is 0 Å². The molecule has 0 bridgehead atoms. The Hall–Kier alpha value is -0.280. The predicted molar refractivity (Wildman–Crippen MR) is 90.6 cm³/mol. The highest BCUT2D eigenvalue weighted by atomic mass is 16.5. The highest BCUT2D eigenvalue weighted by molar-refractivity contribution is 4.34. The largest absolute Gasteiger partial charge is 0.394 e. The lowest BCUT2D eigenvalue weighted by atomic mass is 10.3. The molecule has 4 N–H and O–H groups in total. The molecule has 0 heterocycles. The molecule has 7 heteroatoms. The molecule has 144 valence electrons. The second kappa shape index (κ2) is 33.4. The maximum absolute atomic E-state index is 8.26. The second-order valence-corrected chi connectivity index (χ2v) is 4.44. The number of rotatable bonds is 14. The smallest absolute Gasteiger partial charge is 0.0701 e. The van der Waals surface area contributed by atoms with Crippen molar-refractivity contribution in [2.75, 3.05) is 66.1 Å². The van der Waals surface area contributed by atoms with Gasteiger partial charge in [0.1, 0.15) is 0 Å². The quantitative estimate of drug-likeness (QED) is 0.342. The topological polar surface area (TPSA) is 109 Å². The zero-order chi connectivity index (χ0) is 18.0. The summed E-state index contributed by atoms with van der Waals surface area (Å²) in [6.45, 7) is 7.76. The highest BCUT2D eigenvalue weighted by Crippen LogP contribution is 1.91. The van der Waals surface area contributed by atoms with E-state index in [1.165, 1.54) is 25.7 Å². The Morgan fingerprint density at radius 2 is 0.826 bits per heavy atom. The van der Waals surface area contributed by atoms with E-state index in [9.17, 15) is 0 Å². The molecule has 0 aromatic heterocycles. The molecule has 0 spiro atoms. The Bertz CT molecular complexity index is 143. The van der Waals surface area contributed by atoms with Crippen molar-refractivity contribution in [3.8, 4) is 0 Å². The van der Waals surface area contributed by atoms with E-state index in [4.69, 9.17) is 34.6 Å². The van der Waals surface area contributed by atoms with Crippen LogP contribution < -0.4 is 0 Å². The molecule has 0 radical (unpaired) electrons. The number of aliphatic hydroxyl groups is 4. The summed E-state index contributed by atoms with van der Waals surface area (Å²) in [6.07, 6.45) is 4.91. The van der Waals surface area contributed by atoms with Gasteiger partial charge < -0.3 is 34.6 Å². The highest BCUT2D eigenvalue weighted by Gasteiger charge is 1.86. The number of hydrogen-bond acceptors (Lipinski definition) is 7. The van der Waals surface area contributed by atoms with Crippen LogP contribution in [-0.2, 0) is 14.2 Å². The molecule has 7 nitrogen and oxygen atoms in total. The van der Waals surface area contributed by atoms with E-state index in [-0.39, 0.29) is 26.4 Å². The lowest BCUT2D eigenvalue weighted by Crippen LogP contribution is -2.09. The van der Waals surface area contributed by atoms with Gasteiger partial charge in [-0.3, -0.25) is 0 Å². The van der Waals surface area contributed by atoms with Crippen molar-refractivity contribution in [2.24, 2.45) is 0 Å². The van der Waals surface area contributed by atoms with Gasteiger partial charge in [-0.1, -0.05) is 26.7 Å². The van der Waals surface area contributed by atoms with Crippen LogP contribution in [0, 0.1) is 0 Å². The first kappa shape index (κ1) is 27.6. The molecular weight excluding hydrogens is 304 g/mol. The van der Waals surface area contributed by atoms with E-state index in [1.54, 1.807) is 0 Å². The van der Waals surface area contributed by atoms with Crippen molar-refractivity contribution < 1.29 is 34.6 Å². The number of unbranched alkanes of at least 4 members (excludes halogenated alkanes) is 2. The third-order valence-corrected chi connectivity index (χ3v) is 2.23. The van der Waals surface area contributed by atoms with Gasteiger partial charge in [-0.15, -0.1) is 0 Å². The molecule has 0 fully saturated rings. The van der Waals surface area contributed by atoms with E-state index in [0.717, 1.165) is 13.2 Å². The molecule has 0 aliphatic carbocycles. The average Bonchev–Trinajstić information content (AvgIpc) is 2.59. The standard InChI is InChI=1S/C8H18O.C6H14O4.C2H6O2/c1-3-5-7-9-8-6-4-2;7-1-3-9-5-6-10-4-2-8;3-1-2-4/h3-8H2,1-2H3;7-8H,1-6H2;3-4H,1-2H2. The molecule has 0 saturated heterocycles. The fraction of sp³-hybridized carbons (Fsp3) is 1.00. The maximum atomic E-state index is 8.26. The van der Waals surface area contributed by atoms with Crippen LogP contribution in [0.25, 0.3) is 0 Å². The zero-order valence-corrected chi connectivity index (χ0v) is 14.9. The van der Waals surface area contributed by atoms with Crippen molar-refractivity contribution in [3.05, 3.63) is 0 Å². The van der Waals surface area contributed by atoms with Gasteiger partial charge in [-0.25, -0.2) is 0 Å². The molecule has 0 aromatic carbocycles. The van der Waals surface area contributed by atoms with E-state index in [2.05, 4.69) is 13.8 Å². The fourth-order valence-corrected chi connectivity index (χ4v) is 1.05.